The summed E-state index contributed by atoms with van der Waals surface area (Å²) in [5.41, 5.74) is 12.4. The second-order valence-corrected chi connectivity index (χ2v) is 3.58. The number of rotatable bonds is 2. The molecule has 5 nitrogen and oxygen atoms in total. The lowest BCUT2D eigenvalue weighted by atomic mass is 10.1. The summed E-state index contributed by atoms with van der Waals surface area (Å²) in [6.07, 6.45) is 0. The van der Waals surface area contributed by atoms with Crippen LogP contribution in [0.5, 0.6) is 0 Å². The van der Waals surface area contributed by atoms with Crippen LogP contribution in [0, 0.1) is 12.7 Å². The summed E-state index contributed by atoms with van der Waals surface area (Å²) in [6.45, 7) is 2.12. The second kappa shape index (κ2) is 3.80. The quantitative estimate of drug-likeness (QED) is 0.790. The molecule has 0 unspecified atom stereocenters. The Labute approximate surface area is 91.9 Å². The fourth-order valence-electron chi connectivity index (χ4n) is 1.47. The molecule has 0 amide bonds. The van der Waals surface area contributed by atoms with Gasteiger partial charge in [-0.2, -0.15) is 4.98 Å². The normalized spacial score (nSPS) is 10.6. The number of hydrogen-bond acceptors (Lipinski definition) is 4. The van der Waals surface area contributed by atoms with Gasteiger partial charge in [-0.3, -0.25) is 0 Å². The highest BCUT2D eigenvalue weighted by Crippen LogP contribution is 2.13. The van der Waals surface area contributed by atoms with E-state index in [0.717, 1.165) is 5.56 Å². The number of nitrogens with two attached hydrogens (primary N) is 2. The maximum absolute atomic E-state index is 13.5. The van der Waals surface area contributed by atoms with E-state index in [2.05, 4.69) is 10.1 Å². The molecule has 0 spiro atoms. The third-order valence-corrected chi connectivity index (χ3v) is 2.24. The molecule has 0 saturated carbocycles. The van der Waals surface area contributed by atoms with Gasteiger partial charge in [0.15, 0.2) is 0 Å². The van der Waals surface area contributed by atoms with Crippen LogP contribution in [-0.2, 0) is 6.54 Å². The molecule has 0 saturated heterocycles. The molecule has 0 aliphatic rings. The maximum atomic E-state index is 13.5. The Hall–Kier alpha value is -2.11. The SMILES string of the molecule is Cc1ccc(F)c(Cn2nc(N)nc2N)c1. The van der Waals surface area contributed by atoms with Crippen molar-refractivity contribution in [3.8, 4) is 0 Å². The van der Waals surface area contributed by atoms with E-state index in [1.807, 2.05) is 6.92 Å². The molecule has 4 N–H and O–H groups in total. The highest BCUT2D eigenvalue weighted by molar-refractivity contribution is 5.29. The molecule has 1 aromatic carbocycles. The first kappa shape index (κ1) is 10.4. The largest absolute Gasteiger partial charge is 0.368 e. The number of aryl methyl sites for hydroxylation is 1. The molecule has 0 radical (unpaired) electrons. The van der Waals surface area contributed by atoms with Gasteiger partial charge in [-0.25, -0.2) is 9.07 Å². The topological polar surface area (TPSA) is 82.8 Å². The molecular formula is C10H12FN5. The minimum atomic E-state index is -0.293. The van der Waals surface area contributed by atoms with E-state index in [1.54, 1.807) is 12.1 Å². The van der Waals surface area contributed by atoms with Gasteiger partial charge in [0.1, 0.15) is 5.82 Å². The molecule has 0 bridgehead atoms. The Morgan fingerprint density at radius 3 is 2.75 bits per heavy atom. The van der Waals surface area contributed by atoms with Crippen molar-refractivity contribution in [2.75, 3.05) is 11.5 Å². The minimum Gasteiger partial charge on any atom is -0.368 e. The summed E-state index contributed by atoms with van der Waals surface area (Å²) in [7, 11) is 0. The van der Waals surface area contributed by atoms with Crippen molar-refractivity contribution >= 4 is 11.9 Å². The van der Waals surface area contributed by atoms with Crippen LogP contribution in [0.15, 0.2) is 18.2 Å². The molecule has 84 valence electrons. The number of anilines is 2. The van der Waals surface area contributed by atoms with Gasteiger partial charge >= 0.3 is 0 Å². The fourth-order valence-corrected chi connectivity index (χ4v) is 1.47. The third-order valence-electron chi connectivity index (χ3n) is 2.24. The molecule has 6 heteroatoms. The molecular weight excluding hydrogens is 209 g/mol. The van der Waals surface area contributed by atoms with Crippen molar-refractivity contribution in [3.63, 3.8) is 0 Å². The third kappa shape index (κ3) is 1.95. The number of halogens is 1. The molecule has 16 heavy (non-hydrogen) atoms. The molecule has 2 rings (SSSR count). The van der Waals surface area contributed by atoms with Gasteiger partial charge in [0.05, 0.1) is 6.54 Å². The van der Waals surface area contributed by atoms with Crippen LogP contribution in [0.3, 0.4) is 0 Å². The lowest BCUT2D eigenvalue weighted by Crippen LogP contribution is -2.08. The maximum Gasteiger partial charge on any atom is 0.241 e. The van der Waals surface area contributed by atoms with Crippen LogP contribution < -0.4 is 11.5 Å². The van der Waals surface area contributed by atoms with Crippen molar-refractivity contribution in [1.29, 1.82) is 0 Å². The van der Waals surface area contributed by atoms with Gasteiger partial charge < -0.3 is 11.5 Å². The van der Waals surface area contributed by atoms with Gasteiger partial charge in [-0.05, 0) is 13.0 Å². The summed E-state index contributed by atoms with van der Waals surface area (Å²) >= 11 is 0. The van der Waals surface area contributed by atoms with Crippen molar-refractivity contribution in [2.24, 2.45) is 0 Å². The van der Waals surface area contributed by atoms with E-state index in [1.165, 1.54) is 10.7 Å². The smallest absolute Gasteiger partial charge is 0.241 e. The summed E-state index contributed by atoms with van der Waals surface area (Å²) in [5, 5.41) is 3.87. The first-order valence-electron chi connectivity index (χ1n) is 4.77. The van der Waals surface area contributed by atoms with E-state index in [9.17, 15) is 4.39 Å². The predicted octanol–water partition coefficient (Wildman–Crippen LogP) is 0.938. The van der Waals surface area contributed by atoms with E-state index >= 15 is 0 Å². The van der Waals surface area contributed by atoms with E-state index in [0.29, 0.717) is 5.56 Å². The van der Waals surface area contributed by atoms with Crippen LogP contribution in [0.1, 0.15) is 11.1 Å². The number of aromatic nitrogens is 3. The molecule has 0 aliphatic carbocycles. The first-order valence-corrected chi connectivity index (χ1v) is 4.77. The van der Waals surface area contributed by atoms with Gasteiger partial charge in [0.25, 0.3) is 0 Å². The Morgan fingerprint density at radius 1 is 1.38 bits per heavy atom. The van der Waals surface area contributed by atoms with Gasteiger partial charge in [0.2, 0.25) is 11.9 Å². The molecule has 0 fully saturated rings. The zero-order chi connectivity index (χ0) is 11.7. The molecule has 2 aromatic rings. The van der Waals surface area contributed by atoms with Crippen molar-refractivity contribution in [2.45, 2.75) is 13.5 Å². The summed E-state index contributed by atoms with van der Waals surface area (Å²) in [4.78, 5) is 3.74. The standard InChI is InChI=1S/C10H12FN5/c1-6-2-3-8(11)7(4-6)5-16-10(13)14-9(12)15-16/h2-4H,5H2,1H3,(H4,12,13,14,15). The second-order valence-electron chi connectivity index (χ2n) is 3.58. The van der Waals surface area contributed by atoms with Crippen molar-refractivity contribution < 1.29 is 4.39 Å². The number of nitrogen functional groups attached to an aromatic ring is 2. The average Bonchev–Trinajstić information content (AvgIpc) is 2.51. The highest BCUT2D eigenvalue weighted by atomic mass is 19.1. The van der Waals surface area contributed by atoms with Crippen LogP contribution in [0.25, 0.3) is 0 Å². The molecule has 1 aromatic heterocycles. The zero-order valence-electron chi connectivity index (χ0n) is 8.81. The minimum absolute atomic E-state index is 0.0885. The van der Waals surface area contributed by atoms with E-state index in [4.69, 9.17) is 11.5 Å². The van der Waals surface area contributed by atoms with Crippen LogP contribution in [0.2, 0.25) is 0 Å². The molecule has 0 aliphatic heterocycles. The Kier molecular flexibility index (Phi) is 2.47. The number of benzene rings is 1. The average molecular weight is 221 g/mol. The van der Waals surface area contributed by atoms with Gasteiger partial charge in [-0.15, -0.1) is 5.10 Å². The monoisotopic (exact) mass is 221 g/mol. The number of hydrogen-bond donors (Lipinski definition) is 2. The van der Waals surface area contributed by atoms with Crippen LogP contribution >= 0.6 is 0 Å². The van der Waals surface area contributed by atoms with E-state index < -0.39 is 0 Å². The summed E-state index contributed by atoms with van der Waals surface area (Å²) < 4.78 is 14.8. The number of nitrogens with zero attached hydrogens (tertiary/aromatic N) is 3. The van der Waals surface area contributed by atoms with Crippen LogP contribution in [-0.4, -0.2) is 14.8 Å². The summed E-state index contributed by atoms with van der Waals surface area (Å²) in [6, 6.07) is 4.87. The van der Waals surface area contributed by atoms with Crippen LogP contribution in [0.4, 0.5) is 16.3 Å². The molecule has 0 atom stereocenters. The fraction of sp³-hybridized carbons (Fsp3) is 0.200. The lowest BCUT2D eigenvalue weighted by Gasteiger charge is -2.05. The highest BCUT2D eigenvalue weighted by Gasteiger charge is 2.08. The Morgan fingerprint density at radius 2 is 2.12 bits per heavy atom. The summed E-state index contributed by atoms with van der Waals surface area (Å²) in [5.74, 6) is -0.0250. The first-order chi connectivity index (χ1) is 7.56. The van der Waals surface area contributed by atoms with Crippen molar-refractivity contribution in [3.05, 3.63) is 35.1 Å². The Balaban J connectivity index is 2.33. The van der Waals surface area contributed by atoms with Gasteiger partial charge in [-0.1, -0.05) is 17.7 Å². The Bertz CT molecular complexity index is 520. The van der Waals surface area contributed by atoms with Crippen molar-refractivity contribution in [1.82, 2.24) is 14.8 Å². The van der Waals surface area contributed by atoms with E-state index in [-0.39, 0.29) is 24.3 Å². The van der Waals surface area contributed by atoms with Gasteiger partial charge in [0, 0.05) is 5.56 Å². The molecule has 1 heterocycles. The predicted molar refractivity (Wildman–Crippen MR) is 59.1 cm³/mol. The lowest BCUT2D eigenvalue weighted by molar-refractivity contribution is 0.587. The zero-order valence-corrected chi connectivity index (χ0v) is 8.81.